The molecule has 12 heteroatoms. The first-order chi connectivity index (χ1) is 23.8. The maximum Gasteiger partial charge on any atom is 0.337 e. The Bertz CT molecular complexity index is 2060. The Balaban J connectivity index is 1.37. The van der Waals surface area contributed by atoms with Crippen LogP contribution in [-0.2, 0) is 34.1 Å². The van der Waals surface area contributed by atoms with Gasteiger partial charge in [0.15, 0.2) is 0 Å². The SMILES string of the molecule is COC(=O)c1ccc(OCCc2c(CCNS(=O)(=O)CCn3ccnn3)n(C(c3ccccc3)c3ccccc3)c3ccc(Cl)cc23)cc1. The molecule has 252 valence electrons. The zero-order valence-corrected chi connectivity index (χ0v) is 28.5. The fourth-order valence-corrected chi connectivity index (χ4v) is 7.21. The topological polar surface area (TPSA) is 117 Å². The standard InChI is InChI=1S/C37H36ClN5O5S/c1-47-37(44)29-12-15-31(16-13-29)48-24-19-32-33-26-30(38)14-17-34(33)43(36(27-8-4-2-5-9-27)28-10-6-3-7-11-28)35(32)18-20-40-49(45,46)25-23-42-22-21-39-41-42/h2-17,21-22,26,36,40H,18-20,23-25H2,1H3. The number of fused-ring (bicyclic) bond motifs is 1. The van der Waals surface area contributed by atoms with Crippen LogP contribution in [0.3, 0.4) is 0 Å². The summed E-state index contributed by atoms with van der Waals surface area (Å²) in [6, 6.07) is 33.0. The first-order valence-corrected chi connectivity index (χ1v) is 17.9. The number of rotatable bonds is 15. The van der Waals surface area contributed by atoms with Crippen molar-refractivity contribution >= 4 is 38.5 Å². The average molecular weight is 698 g/mol. The molecule has 10 nitrogen and oxygen atoms in total. The highest BCUT2D eigenvalue weighted by atomic mass is 35.5. The molecule has 6 aromatic rings. The third-order valence-electron chi connectivity index (χ3n) is 8.31. The van der Waals surface area contributed by atoms with Crippen LogP contribution in [0.15, 0.2) is 116 Å². The zero-order chi connectivity index (χ0) is 34.2. The van der Waals surface area contributed by atoms with Crippen LogP contribution in [0.1, 0.15) is 38.8 Å². The van der Waals surface area contributed by atoms with Crippen molar-refractivity contribution in [3.63, 3.8) is 0 Å². The van der Waals surface area contributed by atoms with Crippen LogP contribution in [-0.4, -0.2) is 60.0 Å². The minimum absolute atomic E-state index is 0.124. The Hall–Kier alpha value is -4.97. The molecule has 1 N–H and O–H groups in total. The maximum atomic E-state index is 13.0. The van der Waals surface area contributed by atoms with E-state index in [1.807, 2.05) is 54.6 Å². The summed E-state index contributed by atoms with van der Waals surface area (Å²) in [6.07, 6.45) is 4.08. The van der Waals surface area contributed by atoms with Gasteiger partial charge >= 0.3 is 5.97 Å². The van der Waals surface area contributed by atoms with Crippen LogP contribution in [0.25, 0.3) is 10.9 Å². The molecule has 0 bridgehead atoms. The molecule has 2 aromatic heterocycles. The molecule has 0 atom stereocenters. The lowest BCUT2D eigenvalue weighted by atomic mass is 9.97. The van der Waals surface area contributed by atoms with E-state index in [-0.39, 0.29) is 24.9 Å². The van der Waals surface area contributed by atoms with Gasteiger partial charge in [0.05, 0.1) is 43.8 Å². The molecule has 0 aliphatic heterocycles. The Morgan fingerprint density at radius 1 is 0.918 bits per heavy atom. The minimum Gasteiger partial charge on any atom is -0.493 e. The lowest BCUT2D eigenvalue weighted by Gasteiger charge is -2.25. The number of carbonyl (C=O) groups is 1. The molecule has 6 rings (SSSR count). The predicted octanol–water partition coefficient (Wildman–Crippen LogP) is 6.09. The van der Waals surface area contributed by atoms with E-state index in [1.54, 1.807) is 30.5 Å². The Kier molecular flexibility index (Phi) is 10.7. The monoisotopic (exact) mass is 697 g/mol. The highest BCUT2D eigenvalue weighted by Crippen LogP contribution is 2.37. The quantitative estimate of drug-likeness (QED) is 0.129. The van der Waals surface area contributed by atoms with E-state index in [1.165, 1.54) is 18.0 Å². The van der Waals surface area contributed by atoms with Crippen LogP contribution < -0.4 is 9.46 Å². The van der Waals surface area contributed by atoms with Crippen molar-refractivity contribution in [2.24, 2.45) is 0 Å². The number of carbonyl (C=O) groups excluding carboxylic acids is 1. The van der Waals surface area contributed by atoms with Crippen molar-refractivity contribution in [1.82, 2.24) is 24.3 Å². The van der Waals surface area contributed by atoms with Crippen molar-refractivity contribution in [1.29, 1.82) is 0 Å². The summed E-state index contributed by atoms with van der Waals surface area (Å²) in [5.74, 6) is 0.0741. The smallest absolute Gasteiger partial charge is 0.337 e. The number of aromatic nitrogens is 4. The number of hydrogen-bond acceptors (Lipinski definition) is 7. The molecule has 0 radical (unpaired) electrons. The number of nitrogens with zero attached hydrogens (tertiary/aromatic N) is 4. The van der Waals surface area contributed by atoms with Crippen molar-refractivity contribution in [2.75, 3.05) is 26.0 Å². The van der Waals surface area contributed by atoms with E-state index in [9.17, 15) is 13.2 Å². The van der Waals surface area contributed by atoms with E-state index < -0.39 is 16.0 Å². The number of sulfonamides is 1. The fourth-order valence-electron chi connectivity index (χ4n) is 6.05. The third kappa shape index (κ3) is 8.19. The molecular formula is C37H36ClN5O5S. The summed E-state index contributed by atoms with van der Waals surface area (Å²) in [4.78, 5) is 11.9. The lowest BCUT2D eigenvalue weighted by molar-refractivity contribution is 0.0600. The maximum absolute atomic E-state index is 13.0. The summed E-state index contributed by atoms with van der Waals surface area (Å²) >= 11 is 6.61. The molecule has 2 heterocycles. The molecule has 0 saturated carbocycles. The molecule has 0 unspecified atom stereocenters. The van der Waals surface area contributed by atoms with Gasteiger partial charge in [0.25, 0.3) is 0 Å². The van der Waals surface area contributed by atoms with Crippen LogP contribution in [0.2, 0.25) is 5.02 Å². The van der Waals surface area contributed by atoms with Crippen LogP contribution >= 0.6 is 11.6 Å². The Morgan fingerprint density at radius 2 is 1.61 bits per heavy atom. The lowest BCUT2D eigenvalue weighted by Crippen LogP contribution is -2.31. The molecule has 0 aliphatic carbocycles. The van der Waals surface area contributed by atoms with Gasteiger partial charge in [-0.2, -0.15) is 0 Å². The normalized spacial score (nSPS) is 11.7. The summed E-state index contributed by atoms with van der Waals surface area (Å²) in [5.41, 5.74) is 5.57. The predicted molar refractivity (Wildman–Crippen MR) is 190 cm³/mol. The molecular weight excluding hydrogens is 662 g/mol. The summed E-state index contributed by atoms with van der Waals surface area (Å²) in [6.45, 7) is 0.714. The second kappa shape index (κ2) is 15.5. The summed E-state index contributed by atoms with van der Waals surface area (Å²) < 4.78 is 43.7. The van der Waals surface area contributed by atoms with E-state index in [0.717, 1.165) is 33.3 Å². The van der Waals surface area contributed by atoms with Crippen LogP contribution in [0.4, 0.5) is 0 Å². The van der Waals surface area contributed by atoms with Gasteiger partial charge in [-0.15, -0.1) is 5.10 Å². The van der Waals surface area contributed by atoms with Crippen molar-refractivity contribution in [3.05, 3.63) is 148 Å². The first kappa shape index (κ1) is 33.9. The average Bonchev–Trinajstić information content (AvgIpc) is 3.75. The molecule has 0 spiro atoms. The Morgan fingerprint density at radius 3 is 2.24 bits per heavy atom. The van der Waals surface area contributed by atoms with Gasteiger partial charge in [-0.3, -0.25) is 4.68 Å². The number of nitrogens with one attached hydrogen (secondary N) is 1. The second-order valence-corrected chi connectivity index (χ2v) is 13.8. The van der Waals surface area contributed by atoms with Gasteiger partial charge < -0.3 is 14.0 Å². The number of benzene rings is 4. The van der Waals surface area contributed by atoms with Gasteiger partial charge in [-0.05, 0) is 59.2 Å². The highest BCUT2D eigenvalue weighted by molar-refractivity contribution is 7.89. The summed E-state index contributed by atoms with van der Waals surface area (Å²) in [7, 11) is -2.26. The largest absolute Gasteiger partial charge is 0.493 e. The minimum atomic E-state index is -3.61. The van der Waals surface area contributed by atoms with E-state index in [4.69, 9.17) is 21.1 Å². The number of aryl methyl sites for hydroxylation is 1. The molecule has 0 aliphatic rings. The molecule has 49 heavy (non-hydrogen) atoms. The Labute approximate surface area is 290 Å². The van der Waals surface area contributed by atoms with E-state index in [2.05, 4.69) is 43.9 Å². The van der Waals surface area contributed by atoms with Gasteiger partial charge in [0.2, 0.25) is 10.0 Å². The molecule has 4 aromatic carbocycles. The van der Waals surface area contributed by atoms with Gasteiger partial charge in [0, 0.05) is 47.2 Å². The van der Waals surface area contributed by atoms with Crippen molar-refractivity contribution in [3.8, 4) is 5.75 Å². The molecule has 0 fully saturated rings. The van der Waals surface area contributed by atoms with Crippen molar-refractivity contribution in [2.45, 2.75) is 25.4 Å². The first-order valence-electron chi connectivity index (χ1n) is 15.9. The second-order valence-electron chi connectivity index (χ2n) is 11.4. The highest BCUT2D eigenvalue weighted by Gasteiger charge is 2.26. The third-order valence-corrected chi connectivity index (χ3v) is 9.91. The molecule has 0 saturated heterocycles. The van der Waals surface area contributed by atoms with E-state index >= 15 is 0 Å². The number of methoxy groups -OCH3 is 1. The van der Waals surface area contributed by atoms with Crippen molar-refractivity contribution < 1.29 is 22.7 Å². The number of hydrogen-bond donors (Lipinski definition) is 1. The molecule has 0 amide bonds. The zero-order valence-electron chi connectivity index (χ0n) is 26.9. The fraction of sp³-hybridized carbons (Fsp3) is 0.216. The van der Waals surface area contributed by atoms with E-state index in [0.29, 0.717) is 35.8 Å². The summed E-state index contributed by atoms with van der Waals surface area (Å²) in [5, 5.41) is 9.19. The van der Waals surface area contributed by atoms with Crippen LogP contribution in [0.5, 0.6) is 5.75 Å². The van der Waals surface area contributed by atoms with Gasteiger partial charge in [-0.1, -0.05) is 77.5 Å². The number of ether oxygens (including phenoxy) is 2. The number of esters is 1. The van der Waals surface area contributed by atoms with Crippen LogP contribution in [0, 0.1) is 0 Å². The van der Waals surface area contributed by atoms with Gasteiger partial charge in [-0.25, -0.2) is 17.9 Å². The van der Waals surface area contributed by atoms with Gasteiger partial charge in [0.1, 0.15) is 5.75 Å². The number of halogens is 1.